The van der Waals surface area contributed by atoms with Crippen LogP contribution in [-0.4, -0.2) is 41.7 Å². The molecule has 23 heavy (non-hydrogen) atoms. The predicted molar refractivity (Wildman–Crippen MR) is 89.1 cm³/mol. The molecule has 2 heterocycles. The van der Waals surface area contributed by atoms with Gasteiger partial charge in [-0.1, -0.05) is 36.4 Å². The summed E-state index contributed by atoms with van der Waals surface area (Å²) in [4.78, 5) is 2.16. The molecule has 2 aromatic rings. The van der Waals surface area contributed by atoms with E-state index in [1.54, 1.807) is 0 Å². The Kier molecular flexibility index (Phi) is 3.81. The first-order chi connectivity index (χ1) is 11.3. The number of anilines is 2. The lowest BCUT2D eigenvalue weighted by Gasteiger charge is -2.41. The zero-order valence-electron chi connectivity index (χ0n) is 12.9. The SMILES string of the molecule is O[C@@H]1C(N2c3ccccc3CCc3ccccc32)COC[C@@H]1O. The fourth-order valence-corrected chi connectivity index (χ4v) is 3.66. The van der Waals surface area contributed by atoms with Crippen molar-refractivity contribution in [1.82, 2.24) is 0 Å². The molecule has 4 nitrogen and oxygen atoms in total. The van der Waals surface area contributed by atoms with Crippen LogP contribution in [0.1, 0.15) is 11.1 Å². The molecule has 2 N–H and O–H groups in total. The average Bonchev–Trinajstić information content (AvgIpc) is 2.75. The summed E-state index contributed by atoms with van der Waals surface area (Å²) in [6, 6.07) is 16.3. The van der Waals surface area contributed by atoms with Gasteiger partial charge in [-0.2, -0.15) is 0 Å². The Morgan fingerprint density at radius 2 is 1.39 bits per heavy atom. The zero-order chi connectivity index (χ0) is 15.8. The van der Waals surface area contributed by atoms with Crippen molar-refractivity contribution in [3.63, 3.8) is 0 Å². The summed E-state index contributed by atoms with van der Waals surface area (Å²) in [6.45, 7) is 0.593. The highest BCUT2D eigenvalue weighted by molar-refractivity contribution is 5.72. The summed E-state index contributed by atoms with van der Waals surface area (Å²) in [6.07, 6.45) is 0.255. The third-order valence-corrected chi connectivity index (χ3v) is 4.86. The van der Waals surface area contributed by atoms with Gasteiger partial charge in [-0.05, 0) is 36.1 Å². The highest BCUT2D eigenvalue weighted by atomic mass is 16.5. The first kappa shape index (κ1) is 14.7. The van der Waals surface area contributed by atoms with E-state index in [1.165, 1.54) is 11.1 Å². The Labute approximate surface area is 135 Å². The minimum absolute atomic E-state index is 0.189. The molecule has 1 fully saturated rings. The molecule has 0 amide bonds. The van der Waals surface area contributed by atoms with Crippen molar-refractivity contribution in [2.45, 2.75) is 31.1 Å². The first-order valence-electron chi connectivity index (χ1n) is 8.14. The summed E-state index contributed by atoms with van der Waals surface area (Å²) in [5, 5.41) is 20.6. The zero-order valence-corrected chi connectivity index (χ0v) is 12.9. The number of ether oxygens (including phenoxy) is 1. The van der Waals surface area contributed by atoms with Crippen molar-refractivity contribution in [3.05, 3.63) is 59.7 Å². The van der Waals surface area contributed by atoms with Crippen LogP contribution in [-0.2, 0) is 17.6 Å². The summed E-state index contributed by atoms with van der Waals surface area (Å²) in [7, 11) is 0. The lowest BCUT2D eigenvalue weighted by Crippen LogP contribution is -2.55. The van der Waals surface area contributed by atoms with Gasteiger partial charge < -0.3 is 19.8 Å². The van der Waals surface area contributed by atoms with Crippen LogP contribution in [0.4, 0.5) is 11.4 Å². The summed E-state index contributed by atoms with van der Waals surface area (Å²) in [5.41, 5.74) is 4.71. The second-order valence-electron chi connectivity index (χ2n) is 6.29. The van der Waals surface area contributed by atoms with Gasteiger partial charge in [-0.15, -0.1) is 0 Å². The van der Waals surface area contributed by atoms with Gasteiger partial charge >= 0.3 is 0 Å². The van der Waals surface area contributed by atoms with Gasteiger partial charge in [-0.25, -0.2) is 0 Å². The minimum atomic E-state index is -0.851. The van der Waals surface area contributed by atoms with Gasteiger partial charge in [0.15, 0.2) is 0 Å². The van der Waals surface area contributed by atoms with Gasteiger partial charge in [0.05, 0.1) is 19.3 Å². The predicted octanol–water partition coefficient (Wildman–Crippen LogP) is 2.04. The van der Waals surface area contributed by atoms with Gasteiger partial charge in [0.2, 0.25) is 0 Å². The van der Waals surface area contributed by atoms with Crippen LogP contribution < -0.4 is 4.90 Å². The number of aryl methyl sites for hydroxylation is 2. The maximum Gasteiger partial charge on any atom is 0.105 e. The summed E-state index contributed by atoms with van der Waals surface area (Å²) >= 11 is 0. The number of aliphatic hydroxyl groups is 2. The van der Waals surface area contributed by atoms with Gasteiger partial charge in [-0.3, -0.25) is 0 Å². The number of benzene rings is 2. The number of fused-ring (bicyclic) bond motifs is 2. The topological polar surface area (TPSA) is 52.9 Å². The molecule has 3 atom stereocenters. The minimum Gasteiger partial charge on any atom is -0.388 e. The number of rotatable bonds is 1. The van der Waals surface area contributed by atoms with E-state index in [1.807, 2.05) is 12.1 Å². The van der Waals surface area contributed by atoms with Gasteiger partial charge in [0, 0.05) is 11.4 Å². The summed E-state index contributed by atoms with van der Waals surface area (Å²) in [5.74, 6) is 0. The Morgan fingerprint density at radius 1 is 0.826 bits per heavy atom. The second kappa shape index (κ2) is 5.96. The molecule has 0 saturated carbocycles. The van der Waals surface area contributed by atoms with Crippen molar-refractivity contribution in [2.24, 2.45) is 0 Å². The van der Waals surface area contributed by atoms with E-state index >= 15 is 0 Å². The van der Waals surface area contributed by atoms with Crippen molar-refractivity contribution in [1.29, 1.82) is 0 Å². The van der Waals surface area contributed by atoms with E-state index in [9.17, 15) is 10.2 Å². The third-order valence-electron chi connectivity index (χ3n) is 4.86. The van der Waals surface area contributed by atoms with E-state index in [4.69, 9.17) is 4.74 Å². The maximum atomic E-state index is 10.6. The van der Waals surface area contributed by atoms with Crippen LogP contribution in [0.2, 0.25) is 0 Å². The largest absolute Gasteiger partial charge is 0.388 e. The number of hydrogen-bond donors (Lipinski definition) is 2. The van der Waals surface area contributed by atoms with Crippen LogP contribution in [0.25, 0.3) is 0 Å². The van der Waals surface area contributed by atoms with Crippen molar-refractivity contribution >= 4 is 11.4 Å². The van der Waals surface area contributed by atoms with E-state index in [2.05, 4.69) is 41.3 Å². The molecule has 4 heteroatoms. The van der Waals surface area contributed by atoms with Crippen LogP contribution in [0.5, 0.6) is 0 Å². The molecule has 2 aromatic carbocycles. The molecule has 2 aliphatic rings. The number of nitrogens with zero attached hydrogens (tertiary/aromatic N) is 1. The fourth-order valence-electron chi connectivity index (χ4n) is 3.66. The molecule has 0 aliphatic carbocycles. The van der Waals surface area contributed by atoms with E-state index < -0.39 is 12.2 Å². The molecule has 1 saturated heterocycles. The molecule has 2 aliphatic heterocycles. The average molecular weight is 311 g/mol. The van der Waals surface area contributed by atoms with Crippen LogP contribution in [0.3, 0.4) is 0 Å². The van der Waals surface area contributed by atoms with Crippen LogP contribution >= 0.6 is 0 Å². The smallest absolute Gasteiger partial charge is 0.105 e. The Balaban J connectivity index is 1.86. The summed E-state index contributed by atoms with van der Waals surface area (Å²) < 4.78 is 5.54. The molecule has 120 valence electrons. The molecule has 0 aromatic heterocycles. The molecule has 1 unspecified atom stereocenters. The molecule has 0 radical (unpaired) electrons. The first-order valence-corrected chi connectivity index (χ1v) is 8.14. The Morgan fingerprint density at radius 3 is 2.00 bits per heavy atom. The highest BCUT2D eigenvalue weighted by Crippen LogP contribution is 2.39. The molecule has 4 rings (SSSR count). The highest BCUT2D eigenvalue weighted by Gasteiger charge is 2.38. The fraction of sp³-hybridized carbons (Fsp3) is 0.368. The lowest BCUT2D eigenvalue weighted by molar-refractivity contribution is -0.0963. The number of aliphatic hydroxyl groups excluding tert-OH is 2. The normalized spacial score (nSPS) is 27.0. The van der Waals surface area contributed by atoms with Crippen molar-refractivity contribution in [3.8, 4) is 0 Å². The van der Waals surface area contributed by atoms with Gasteiger partial charge in [0.1, 0.15) is 12.2 Å². The standard InChI is InChI=1S/C19H21NO3/c21-18-12-23-11-17(19(18)22)20-15-7-3-1-5-13(15)9-10-14-6-2-4-8-16(14)20/h1-8,17-19,21-22H,9-12H2/t17?,18-,19+/m0/s1. The van der Waals surface area contributed by atoms with E-state index in [0.29, 0.717) is 6.61 Å². The monoisotopic (exact) mass is 311 g/mol. The number of hydrogen-bond acceptors (Lipinski definition) is 4. The Hall–Kier alpha value is -1.88. The molecular formula is C19H21NO3. The van der Waals surface area contributed by atoms with Crippen LogP contribution in [0, 0.1) is 0 Å². The lowest BCUT2D eigenvalue weighted by atomic mass is 9.99. The van der Waals surface area contributed by atoms with Crippen molar-refractivity contribution in [2.75, 3.05) is 18.1 Å². The quantitative estimate of drug-likeness (QED) is 0.846. The second-order valence-corrected chi connectivity index (χ2v) is 6.29. The molecule has 0 spiro atoms. The molecular weight excluding hydrogens is 290 g/mol. The molecule has 0 bridgehead atoms. The van der Waals surface area contributed by atoms with Gasteiger partial charge in [0.25, 0.3) is 0 Å². The van der Waals surface area contributed by atoms with E-state index in [-0.39, 0.29) is 12.6 Å². The Bertz CT molecular complexity index is 655. The number of para-hydroxylation sites is 2. The third kappa shape index (κ3) is 2.53. The van der Waals surface area contributed by atoms with Crippen molar-refractivity contribution < 1.29 is 14.9 Å². The maximum absolute atomic E-state index is 10.6. The van der Waals surface area contributed by atoms with E-state index in [0.717, 1.165) is 24.2 Å². The van der Waals surface area contributed by atoms with Crippen LogP contribution in [0.15, 0.2) is 48.5 Å².